The Bertz CT molecular complexity index is 427. The van der Waals surface area contributed by atoms with E-state index in [2.05, 4.69) is 13.5 Å². The van der Waals surface area contributed by atoms with E-state index in [9.17, 15) is 21.6 Å². The van der Waals surface area contributed by atoms with E-state index < -0.39 is 20.8 Å². The fourth-order valence-electron chi connectivity index (χ4n) is 0.368. The van der Waals surface area contributed by atoms with Crippen molar-refractivity contribution in [1.29, 1.82) is 0 Å². The van der Waals surface area contributed by atoms with Gasteiger partial charge >= 0.3 is 20.8 Å². The van der Waals surface area contributed by atoms with Gasteiger partial charge in [0, 0.05) is 11.5 Å². The van der Waals surface area contributed by atoms with Gasteiger partial charge in [0.15, 0.2) is 0 Å². The Morgan fingerprint density at radius 2 is 2.00 bits per heavy atom. The highest BCUT2D eigenvalue weighted by Gasteiger charge is 2.49. The normalized spacial score (nSPS) is 12.9. The van der Waals surface area contributed by atoms with Gasteiger partial charge in [-0.3, -0.25) is 0 Å². The lowest BCUT2D eigenvalue weighted by molar-refractivity contribution is -0.0500. The largest absolute Gasteiger partial charge is 0.534 e. The Morgan fingerprint density at radius 1 is 1.43 bits per heavy atom. The Hall–Kier alpha value is -0.610. The van der Waals surface area contributed by atoms with E-state index in [-0.39, 0.29) is 5.28 Å². The third-order valence-electron chi connectivity index (χ3n) is 0.847. The molecule has 0 amide bonds. The number of rotatable bonds is 2. The van der Waals surface area contributed by atoms with Gasteiger partial charge in [-0.2, -0.15) is 30.9 Å². The lowest BCUT2D eigenvalue weighted by Gasteiger charge is -2.05. The third-order valence-corrected chi connectivity index (χ3v) is 2.76. The van der Waals surface area contributed by atoms with Crippen molar-refractivity contribution in [2.24, 2.45) is 0 Å². The Morgan fingerprint density at radius 3 is 2.36 bits per heavy atom. The van der Waals surface area contributed by atoms with Gasteiger partial charge < -0.3 is 4.18 Å². The van der Waals surface area contributed by atoms with Crippen molar-refractivity contribution in [3.05, 3.63) is 5.28 Å². The lowest BCUT2D eigenvalue weighted by atomic mass is 11.3. The fourth-order valence-corrected chi connectivity index (χ4v) is 1.63. The van der Waals surface area contributed by atoms with Gasteiger partial charge in [-0.15, -0.1) is 0 Å². The predicted octanol–water partition coefficient (Wildman–Crippen LogP) is 1.42. The summed E-state index contributed by atoms with van der Waals surface area (Å²) in [6.45, 7) is 0. The molecule has 0 N–H and O–H groups in total. The van der Waals surface area contributed by atoms with Crippen LogP contribution in [0.4, 0.5) is 13.2 Å². The Kier molecular flexibility index (Phi) is 2.88. The summed E-state index contributed by atoms with van der Waals surface area (Å²) >= 11 is 5.43. The number of hydrogen-bond acceptors (Lipinski definition) is 6. The zero-order valence-electron chi connectivity index (χ0n) is 5.95. The highest BCUT2D eigenvalue weighted by molar-refractivity contribution is 7.88. The second-order valence-electron chi connectivity index (χ2n) is 1.81. The first-order valence-corrected chi connectivity index (χ1v) is 5.28. The van der Waals surface area contributed by atoms with E-state index in [1.165, 1.54) is 0 Å². The van der Waals surface area contributed by atoms with E-state index >= 15 is 0 Å². The number of nitrogens with zero attached hydrogens (tertiary/aromatic N) is 2. The molecule has 14 heavy (non-hydrogen) atoms. The lowest BCUT2D eigenvalue weighted by Crippen LogP contribution is -2.27. The molecule has 1 aromatic heterocycles. The topological polar surface area (TPSA) is 69.2 Å². The van der Waals surface area contributed by atoms with Gasteiger partial charge in [0.2, 0.25) is 5.28 Å². The molecule has 1 rings (SSSR count). The van der Waals surface area contributed by atoms with Crippen LogP contribution in [0, 0.1) is 0 Å². The first-order chi connectivity index (χ1) is 6.22. The molecule has 0 fully saturated rings. The zero-order chi connectivity index (χ0) is 11.0. The maximum atomic E-state index is 11.7. The molecule has 0 aliphatic heterocycles. The van der Waals surface area contributed by atoms with Gasteiger partial charge in [-0.1, -0.05) is 0 Å². The third kappa shape index (κ3) is 2.45. The average Bonchev–Trinajstić information content (AvgIpc) is 2.31. The van der Waals surface area contributed by atoms with Crippen LogP contribution in [0.25, 0.3) is 0 Å². The van der Waals surface area contributed by atoms with E-state index in [0.717, 1.165) is 0 Å². The van der Waals surface area contributed by atoms with Crippen molar-refractivity contribution in [2.45, 2.75) is 5.51 Å². The van der Waals surface area contributed by atoms with Crippen LogP contribution in [0.2, 0.25) is 5.28 Å². The first-order valence-electron chi connectivity index (χ1n) is 2.72. The zero-order valence-corrected chi connectivity index (χ0v) is 8.34. The minimum absolute atomic E-state index is 0.298. The molecule has 1 heterocycles. The molecular formula is C3ClF3N2O3S2. The van der Waals surface area contributed by atoms with Gasteiger partial charge in [-0.05, 0) is 11.6 Å². The number of aromatic nitrogens is 2. The molecule has 11 heteroatoms. The van der Waals surface area contributed by atoms with E-state index in [0.29, 0.717) is 11.5 Å². The summed E-state index contributed by atoms with van der Waals surface area (Å²) in [5, 5.41) is -1.17. The van der Waals surface area contributed by atoms with Crippen LogP contribution >= 0.6 is 23.1 Å². The summed E-state index contributed by atoms with van der Waals surface area (Å²) < 4.78 is 62.8. The van der Waals surface area contributed by atoms with E-state index in [4.69, 9.17) is 11.6 Å². The summed E-state index contributed by atoms with van der Waals surface area (Å²) in [5.41, 5.74) is -5.49. The summed E-state index contributed by atoms with van der Waals surface area (Å²) in [6, 6.07) is 0. The Balaban J connectivity index is 2.90. The van der Waals surface area contributed by atoms with Crippen molar-refractivity contribution in [1.82, 2.24) is 9.36 Å². The minimum atomic E-state index is -5.69. The van der Waals surface area contributed by atoms with E-state index in [1.54, 1.807) is 0 Å². The van der Waals surface area contributed by atoms with Crippen molar-refractivity contribution < 1.29 is 25.8 Å². The van der Waals surface area contributed by atoms with Crippen LogP contribution in [-0.2, 0) is 10.1 Å². The molecule has 80 valence electrons. The molecule has 0 aliphatic rings. The molecule has 1 aromatic rings. The van der Waals surface area contributed by atoms with Gasteiger partial charge in [0.1, 0.15) is 0 Å². The van der Waals surface area contributed by atoms with Crippen LogP contribution in [0.3, 0.4) is 0 Å². The molecule has 0 unspecified atom stereocenters. The van der Waals surface area contributed by atoms with E-state index in [1.807, 2.05) is 0 Å². The first kappa shape index (κ1) is 11.5. The molecule has 0 spiro atoms. The quantitative estimate of drug-likeness (QED) is 0.599. The molecule has 0 bridgehead atoms. The summed E-state index contributed by atoms with van der Waals surface area (Å²) in [4.78, 5) is 3.08. The highest BCUT2D eigenvalue weighted by Crippen LogP contribution is 2.28. The molecular weight excluding hydrogens is 269 g/mol. The second-order valence-corrected chi connectivity index (χ2v) is 4.40. The van der Waals surface area contributed by atoms with Crippen LogP contribution < -0.4 is 4.18 Å². The second kappa shape index (κ2) is 3.51. The summed E-state index contributed by atoms with van der Waals surface area (Å²) in [7, 11) is -5.69. The van der Waals surface area contributed by atoms with Gasteiger partial charge in [0.25, 0.3) is 0 Å². The van der Waals surface area contributed by atoms with Gasteiger partial charge in [0.05, 0.1) is 0 Å². The monoisotopic (exact) mass is 268 g/mol. The van der Waals surface area contributed by atoms with Gasteiger partial charge in [-0.25, -0.2) is 0 Å². The van der Waals surface area contributed by atoms with Crippen molar-refractivity contribution >= 4 is 33.3 Å². The molecule has 0 atom stereocenters. The average molecular weight is 269 g/mol. The molecule has 0 saturated heterocycles. The SMILES string of the molecule is O=S(=O)(Oc1nc(Cl)ns1)C(F)(F)F. The van der Waals surface area contributed by atoms with Crippen LogP contribution in [0.15, 0.2) is 0 Å². The Labute approximate surface area is 84.8 Å². The summed E-state index contributed by atoms with van der Waals surface area (Å²) in [6.07, 6.45) is 0. The highest BCUT2D eigenvalue weighted by atomic mass is 35.5. The van der Waals surface area contributed by atoms with Crippen LogP contribution in [0.1, 0.15) is 0 Å². The molecule has 0 aliphatic carbocycles. The van der Waals surface area contributed by atoms with Crippen LogP contribution in [0.5, 0.6) is 5.19 Å². The van der Waals surface area contributed by atoms with Crippen molar-refractivity contribution in [3.63, 3.8) is 0 Å². The fraction of sp³-hybridized carbons (Fsp3) is 0.333. The maximum absolute atomic E-state index is 11.7. The predicted molar refractivity (Wildman–Crippen MR) is 40.5 cm³/mol. The van der Waals surface area contributed by atoms with Crippen molar-refractivity contribution in [3.8, 4) is 5.19 Å². The van der Waals surface area contributed by atoms with Crippen molar-refractivity contribution in [2.75, 3.05) is 0 Å². The standard InChI is InChI=1S/C3ClF3N2O3S2/c4-1-8-2(13-9-1)12-14(10,11)3(5,6)7. The molecule has 0 radical (unpaired) electrons. The maximum Gasteiger partial charge on any atom is 0.534 e. The van der Waals surface area contributed by atoms with Crippen LogP contribution in [-0.4, -0.2) is 23.3 Å². The number of halogens is 4. The number of alkyl halides is 3. The smallest absolute Gasteiger partial charge is 0.343 e. The molecule has 0 saturated carbocycles. The summed E-state index contributed by atoms with van der Waals surface area (Å²) in [5.74, 6) is 0. The molecule has 5 nitrogen and oxygen atoms in total. The number of hydrogen-bond donors (Lipinski definition) is 0. The minimum Gasteiger partial charge on any atom is -0.343 e. The molecule has 0 aromatic carbocycles.